The minimum Gasteiger partial charge on any atom is -0.377 e. The average Bonchev–Trinajstić information content (AvgIpc) is 2.53. The van der Waals surface area contributed by atoms with Gasteiger partial charge in [0.25, 0.3) is 0 Å². The van der Waals surface area contributed by atoms with E-state index in [0.717, 1.165) is 16.1 Å². The highest BCUT2D eigenvalue weighted by Crippen LogP contribution is 2.25. The third-order valence-electron chi connectivity index (χ3n) is 3.30. The van der Waals surface area contributed by atoms with Gasteiger partial charge in [-0.25, -0.2) is 0 Å². The fraction of sp³-hybridized carbons (Fsp3) is 0.333. The first kappa shape index (κ1) is 15.7. The Hall–Kier alpha value is -1.66. The molecule has 1 saturated heterocycles. The van der Waals surface area contributed by atoms with Crippen molar-refractivity contribution >= 4 is 27.7 Å². The van der Waals surface area contributed by atoms with Crippen LogP contribution in [-0.4, -0.2) is 43.0 Å². The molecule has 5 nitrogen and oxygen atoms in total. The highest BCUT2D eigenvalue weighted by molar-refractivity contribution is 9.10. The molecule has 1 atom stereocenters. The van der Waals surface area contributed by atoms with E-state index in [9.17, 15) is 9.59 Å². The number of benzene rings is 1. The fourth-order valence-electron chi connectivity index (χ4n) is 2.20. The molecule has 0 aromatic heterocycles. The standard InChI is InChI=1S/C15H17BrN2O3/c1-2-14(19)17-9-15(20)18-7-8-21-10-13(18)11-3-5-12(16)6-4-11/h2-6,13H,1,7-10H2,(H,17,19). The first-order valence-corrected chi connectivity index (χ1v) is 7.44. The molecule has 1 unspecified atom stereocenters. The van der Waals surface area contributed by atoms with E-state index in [1.54, 1.807) is 4.90 Å². The van der Waals surface area contributed by atoms with Crippen LogP contribution in [0.4, 0.5) is 0 Å². The number of rotatable bonds is 4. The van der Waals surface area contributed by atoms with E-state index in [1.165, 1.54) is 0 Å². The van der Waals surface area contributed by atoms with Crippen LogP contribution in [0.1, 0.15) is 11.6 Å². The lowest BCUT2D eigenvalue weighted by Gasteiger charge is -2.36. The topological polar surface area (TPSA) is 58.6 Å². The number of nitrogens with zero attached hydrogens (tertiary/aromatic N) is 1. The summed E-state index contributed by atoms with van der Waals surface area (Å²) in [5.41, 5.74) is 1.02. The minimum atomic E-state index is -0.350. The molecule has 2 rings (SSSR count). The van der Waals surface area contributed by atoms with E-state index in [4.69, 9.17) is 4.74 Å². The van der Waals surface area contributed by atoms with Crippen LogP contribution in [0.5, 0.6) is 0 Å². The van der Waals surface area contributed by atoms with Crippen molar-refractivity contribution in [2.75, 3.05) is 26.3 Å². The monoisotopic (exact) mass is 352 g/mol. The number of nitrogens with one attached hydrogen (secondary N) is 1. The molecule has 1 aliphatic heterocycles. The van der Waals surface area contributed by atoms with Crippen molar-refractivity contribution in [1.29, 1.82) is 0 Å². The van der Waals surface area contributed by atoms with Crippen molar-refractivity contribution in [2.45, 2.75) is 6.04 Å². The second-order valence-electron chi connectivity index (χ2n) is 4.65. The van der Waals surface area contributed by atoms with Crippen LogP contribution in [0.25, 0.3) is 0 Å². The molecular weight excluding hydrogens is 336 g/mol. The third-order valence-corrected chi connectivity index (χ3v) is 3.83. The molecule has 1 heterocycles. The molecule has 0 aliphatic carbocycles. The lowest BCUT2D eigenvalue weighted by Crippen LogP contribution is -2.47. The Kier molecular flexibility index (Phi) is 5.52. The Bertz CT molecular complexity index is 530. The number of ether oxygens (including phenoxy) is 1. The van der Waals surface area contributed by atoms with Crippen LogP contribution >= 0.6 is 15.9 Å². The van der Waals surface area contributed by atoms with Crippen molar-refractivity contribution in [3.63, 3.8) is 0 Å². The molecule has 21 heavy (non-hydrogen) atoms. The van der Waals surface area contributed by atoms with E-state index in [-0.39, 0.29) is 24.4 Å². The summed E-state index contributed by atoms with van der Waals surface area (Å²) in [7, 11) is 0. The molecule has 1 aromatic rings. The molecule has 1 aliphatic rings. The van der Waals surface area contributed by atoms with E-state index in [1.807, 2.05) is 24.3 Å². The average molecular weight is 353 g/mol. The van der Waals surface area contributed by atoms with Gasteiger partial charge in [-0.2, -0.15) is 0 Å². The second-order valence-corrected chi connectivity index (χ2v) is 5.57. The number of amides is 2. The number of hydrogen-bond acceptors (Lipinski definition) is 3. The first-order valence-electron chi connectivity index (χ1n) is 6.64. The van der Waals surface area contributed by atoms with Crippen LogP contribution in [-0.2, 0) is 14.3 Å². The summed E-state index contributed by atoms with van der Waals surface area (Å²) in [5, 5.41) is 2.51. The minimum absolute atomic E-state index is 0.0299. The smallest absolute Gasteiger partial charge is 0.243 e. The van der Waals surface area contributed by atoms with Gasteiger partial charge in [0, 0.05) is 11.0 Å². The quantitative estimate of drug-likeness (QED) is 0.838. The van der Waals surface area contributed by atoms with Gasteiger partial charge in [-0.3, -0.25) is 9.59 Å². The Labute approximate surface area is 132 Å². The molecule has 1 aromatic carbocycles. The van der Waals surface area contributed by atoms with Crippen LogP contribution in [0.15, 0.2) is 41.4 Å². The summed E-state index contributed by atoms with van der Waals surface area (Å²) in [4.78, 5) is 25.2. The lowest BCUT2D eigenvalue weighted by molar-refractivity contribution is -0.140. The largest absolute Gasteiger partial charge is 0.377 e. The Morgan fingerprint density at radius 2 is 2.14 bits per heavy atom. The van der Waals surface area contributed by atoms with Gasteiger partial charge in [0.05, 0.1) is 25.8 Å². The molecule has 6 heteroatoms. The molecule has 0 saturated carbocycles. The molecule has 0 spiro atoms. The zero-order valence-electron chi connectivity index (χ0n) is 11.5. The summed E-state index contributed by atoms with van der Waals surface area (Å²) in [5.74, 6) is -0.474. The number of hydrogen-bond donors (Lipinski definition) is 1. The van der Waals surface area contributed by atoms with Crippen molar-refractivity contribution in [3.05, 3.63) is 47.0 Å². The third kappa shape index (κ3) is 4.15. The van der Waals surface area contributed by atoms with Gasteiger partial charge in [-0.15, -0.1) is 0 Å². The number of carbonyl (C=O) groups excluding carboxylic acids is 2. The molecular formula is C15H17BrN2O3. The fourth-order valence-corrected chi connectivity index (χ4v) is 2.46. The van der Waals surface area contributed by atoms with Gasteiger partial charge in [0.1, 0.15) is 0 Å². The number of halogens is 1. The maximum atomic E-state index is 12.3. The van der Waals surface area contributed by atoms with Gasteiger partial charge < -0.3 is 15.0 Å². The normalized spacial score (nSPS) is 18.1. The summed E-state index contributed by atoms with van der Waals surface area (Å²) in [6.07, 6.45) is 1.15. The molecule has 1 fully saturated rings. The van der Waals surface area contributed by atoms with Gasteiger partial charge in [-0.05, 0) is 23.8 Å². The predicted octanol–water partition coefficient (Wildman–Crippen LogP) is 1.65. The van der Waals surface area contributed by atoms with E-state index in [0.29, 0.717) is 19.8 Å². The van der Waals surface area contributed by atoms with Crippen molar-refractivity contribution < 1.29 is 14.3 Å². The maximum Gasteiger partial charge on any atom is 0.243 e. The second kappa shape index (κ2) is 7.38. The molecule has 1 N–H and O–H groups in total. The number of carbonyl (C=O) groups is 2. The Morgan fingerprint density at radius 3 is 2.81 bits per heavy atom. The summed E-state index contributed by atoms with van der Waals surface area (Å²) in [6.45, 7) is 4.82. The SMILES string of the molecule is C=CC(=O)NCC(=O)N1CCOCC1c1ccc(Br)cc1. The van der Waals surface area contributed by atoms with E-state index in [2.05, 4.69) is 27.8 Å². The van der Waals surface area contributed by atoms with Gasteiger partial charge in [-0.1, -0.05) is 34.6 Å². The lowest BCUT2D eigenvalue weighted by atomic mass is 10.0. The van der Waals surface area contributed by atoms with Crippen molar-refractivity contribution in [2.24, 2.45) is 0 Å². The van der Waals surface area contributed by atoms with Crippen molar-refractivity contribution in [1.82, 2.24) is 10.2 Å². The van der Waals surface area contributed by atoms with E-state index < -0.39 is 0 Å². The molecule has 0 bridgehead atoms. The van der Waals surface area contributed by atoms with E-state index >= 15 is 0 Å². The first-order chi connectivity index (χ1) is 10.1. The maximum absolute atomic E-state index is 12.3. The zero-order valence-corrected chi connectivity index (χ0v) is 13.1. The van der Waals surface area contributed by atoms with Gasteiger partial charge in [0.2, 0.25) is 11.8 Å². The van der Waals surface area contributed by atoms with Crippen LogP contribution in [0.3, 0.4) is 0 Å². The van der Waals surface area contributed by atoms with Crippen LogP contribution in [0.2, 0.25) is 0 Å². The summed E-state index contributed by atoms with van der Waals surface area (Å²) in [6, 6.07) is 7.68. The summed E-state index contributed by atoms with van der Waals surface area (Å²) >= 11 is 3.39. The Morgan fingerprint density at radius 1 is 1.43 bits per heavy atom. The van der Waals surface area contributed by atoms with Gasteiger partial charge in [0.15, 0.2) is 0 Å². The molecule has 0 radical (unpaired) electrons. The predicted molar refractivity (Wildman–Crippen MR) is 82.6 cm³/mol. The highest BCUT2D eigenvalue weighted by atomic mass is 79.9. The Balaban J connectivity index is 2.07. The van der Waals surface area contributed by atoms with Crippen LogP contribution in [0, 0.1) is 0 Å². The van der Waals surface area contributed by atoms with Gasteiger partial charge >= 0.3 is 0 Å². The zero-order chi connectivity index (χ0) is 15.2. The molecule has 2 amide bonds. The molecule has 112 valence electrons. The van der Waals surface area contributed by atoms with Crippen molar-refractivity contribution in [3.8, 4) is 0 Å². The number of morpholine rings is 1. The highest BCUT2D eigenvalue weighted by Gasteiger charge is 2.28. The van der Waals surface area contributed by atoms with Crippen LogP contribution < -0.4 is 5.32 Å². The summed E-state index contributed by atoms with van der Waals surface area (Å²) < 4.78 is 6.47.